The van der Waals surface area contributed by atoms with Crippen LogP contribution in [0.2, 0.25) is 0 Å². The molecule has 0 aliphatic heterocycles. The van der Waals surface area contributed by atoms with Crippen LogP contribution in [0.15, 0.2) is 12.0 Å². The van der Waals surface area contributed by atoms with Crippen LogP contribution in [-0.2, 0) is 22.4 Å². The summed E-state index contributed by atoms with van der Waals surface area (Å²) in [6.45, 7) is 13.3. The zero-order chi connectivity index (χ0) is 15.1. The van der Waals surface area contributed by atoms with E-state index in [0.717, 1.165) is 0 Å². The molecule has 0 aromatic heterocycles. The highest BCUT2D eigenvalue weighted by Crippen LogP contribution is 2.22. The molecule has 0 bridgehead atoms. The second kappa shape index (κ2) is 8.58. The quantitative estimate of drug-likeness (QED) is 0.482. The Hall–Kier alpha value is -0.563. The zero-order valence-electron chi connectivity index (χ0n) is 13.4. The standard InChI is InChI=1S/C13H28O5Si/c1-9-13(14-8)18-19(15-10(2)3,16-11(4)5)17-12(6)7/h9-12H,1-8H3/b13-9-. The molecule has 0 unspecified atom stereocenters. The molecule has 114 valence electrons. The van der Waals surface area contributed by atoms with Crippen molar-refractivity contribution in [1.82, 2.24) is 0 Å². The van der Waals surface area contributed by atoms with Crippen molar-refractivity contribution >= 4 is 9.05 Å². The van der Waals surface area contributed by atoms with Gasteiger partial charge in [-0.25, -0.2) is 0 Å². The fourth-order valence-electron chi connectivity index (χ4n) is 1.36. The van der Waals surface area contributed by atoms with Crippen LogP contribution < -0.4 is 0 Å². The largest absolute Gasteiger partial charge is 0.752 e. The maximum atomic E-state index is 5.85. The van der Waals surface area contributed by atoms with Gasteiger partial charge in [-0.1, -0.05) is 0 Å². The van der Waals surface area contributed by atoms with Crippen LogP contribution in [0.4, 0.5) is 0 Å². The Kier molecular flexibility index (Phi) is 8.32. The van der Waals surface area contributed by atoms with Gasteiger partial charge >= 0.3 is 9.05 Å². The summed E-state index contributed by atoms with van der Waals surface area (Å²) < 4.78 is 28.4. The number of allylic oxidation sites excluding steroid dienone is 1. The molecule has 0 aromatic rings. The predicted molar refractivity (Wildman–Crippen MR) is 76.3 cm³/mol. The highest BCUT2D eigenvalue weighted by molar-refractivity contribution is 6.54. The third kappa shape index (κ3) is 7.56. The molecule has 0 aromatic carbocycles. The van der Waals surface area contributed by atoms with E-state index in [1.807, 2.05) is 48.5 Å². The molecule has 5 nitrogen and oxygen atoms in total. The number of rotatable bonds is 9. The van der Waals surface area contributed by atoms with Crippen LogP contribution in [0.5, 0.6) is 0 Å². The summed E-state index contributed by atoms with van der Waals surface area (Å²) in [5, 5.41) is 0. The Balaban J connectivity index is 5.20. The zero-order valence-corrected chi connectivity index (χ0v) is 14.4. The average molecular weight is 292 g/mol. The van der Waals surface area contributed by atoms with E-state index in [-0.39, 0.29) is 18.3 Å². The lowest BCUT2D eigenvalue weighted by atomic mass is 10.5. The summed E-state index contributed by atoms with van der Waals surface area (Å²) in [6.07, 6.45) is 1.50. The molecule has 0 radical (unpaired) electrons. The Morgan fingerprint density at radius 2 is 1.21 bits per heavy atom. The fourth-order valence-corrected chi connectivity index (χ4v) is 3.85. The van der Waals surface area contributed by atoms with Crippen LogP contribution in [0.25, 0.3) is 0 Å². The van der Waals surface area contributed by atoms with Crippen LogP contribution >= 0.6 is 0 Å². The highest BCUT2D eigenvalue weighted by Gasteiger charge is 2.52. The van der Waals surface area contributed by atoms with Gasteiger partial charge < -0.3 is 22.4 Å². The van der Waals surface area contributed by atoms with Gasteiger partial charge in [0.1, 0.15) is 0 Å². The Labute approximate surface area is 118 Å². The monoisotopic (exact) mass is 292 g/mol. The maximum absolute atomic E-state index is 5.85. The second-order valence-electron chi connectivity index (χ2n) is 4.91. The Morgan fingerprint density at radius 3 is 1.42 bits per heavy atom. The molecule has 0 saturated heterocycles. The van der Waals surface area contributed by atoms with Crippen molar-refractivity contribution in [3.63, 3.8) is 0 Å². The van der Waals surface area contributed by atoms with Crippen LogP contribution in [0.1, 0.15) is 48.5 Å². The van der Waals surface area contributed by atoms with Crippen molar-refractivity contribution in [2.75, 3.05) is 7.11 Å². The van der Waals surface area contributed by atoms with Gasteiger partial charge in [0.15, 0.2) is 0 Å². The number of hydrogen-bond acceptors (Lipinski definition) is 5. The van der Waals surface area contributed by atoms with Crippen molar-refractivity contribution in [3.8, 4) is 0 Å². The van der Waals surface area contributed by atoms with E-state index in [9.17, 15) is 0 Å². The minimum absolute atomic E-state index is 0.0703. The van der Waals surface area contributed by atoms with Crippen molar-refractivity contribution in [3.05, 3.63) is 12.0 Å². The van der Waals surface area contributed by atoms with E-state index in [0.29, 0.717) is 5.95 Å². The van der Waals surface area contributed by atoms with Crippen molar-refractivity contribution in [2.45, 2.75) is 66.8 Å². The first-order valence-electron chi connectivity index (χ1n) is 6.67. The van der Waals surface area contributed by atoms with Gasteiger partial charge in [-0.3, -0.25) is 0 Å². The normalized spacial score (nSPS) is 13.5. The Morgan fingerprint density at radius 1 is 0.842 bits per heavy atom. The minimum Gasteiger partial charge on any atom is -0.470 e. The summed E-state index contributed by atoms with van der Waals surface area (Å²) in [5.41, 5.74) is 0. The SMILES string of the molecule is C/C=C(/OC)O[Si](OC(C)C)(OC(C)C)OC(C)C. The molecule has 0 aliphatic rings. The minimum atomic E-state index is -3.28. The van der Waals surface area contributed by atoms with Crippen molar-refractivity contribution in [1.29, 1.82) is 0 Å². The molecular formula is C13H28O5Si. The fraction of sp³-hybridized carbons (Fsp3) is 0.846. The average Bonchev–Trinajstić information content (AvgIpc) is 2.22. The van der Waals surface area contributed by atoms with E-state index < -0.39 is 9.05 Å². The van der Waals surface area contributed by atoms with Crippen LogP contribution in [0.3, 0.4) is 0 Å². The number of hydrogen-bond donors (Lipinski definition) is 0. The number of methoxy groups -OCH3 is 1. The molecule has 0 fully saturated rings. The van der Waals surface area contributed by atoms with Crippen molar-refractivity contribution < 1.29 is 22.4 Å². The lowest BCUT2D eigenvalue weighted by molar-refractivity contribution is -0.0794. The van der Waals surface area contributed by atoms with Gasteiger partial charge in [0.05, 0.1) is 7.11 Å². The lowest BCUT2D eigenvalue weighted by Crippen LogP contribution is -2.53. The first kappa shape index (κ1) is 18.4. The predicted octanol–water partition coefficient (Wildman–Crippen LogP) is 3.22. The molecule has 0 spiro atoms. The van der Waals surface area contributed by atoms with Crippen LogP contribution in [-0.4, -0.2) is 34.5 Å². The van der Waals surface area contributed by atoms with Gasteiger partial charge in [-0.05, 0) is 54.5 Å². The molecule has 0 heterocycles. The van der Waals surface area contributed by atoms with Crippen LogP contribution in [0, 0.1) is 0 Å². The van der Waals surface area contributed by atoms with E-state index in [4.69, 9.17) is 22.4 Å². The summed E-state index contributed by atoms with van der Waals surface area (Å²) in [7, 11) is -1.75. The maximum Gasteiger partial charge on any atom is 0.752 e. The summed E-state index contributed by atoms with van der Waals surface area (Å²) in [4.78, 5) is 0. The second-order valence-corrected chi connectivity index (χ2v) is 6.82. The van der Waals surface area contributed by atoms with E-state index >= 15 is 0 Å². The van der Waals surface area contributed by atoms with Gasteiger partial charge in [-0.2, -0.15) is 0 Å². The molecule has 0 rings (SSSR count). The van der Waals surface area contributed by atoms with Gasteiger partial charge in [0.2, 0.25) is 0 Å². The van der Waals surface area contributed by atoms with E-state index in [2.05, 4.69) is 0 Å². The molecule has 19 heavy (non-hydrogen) atoms. The molecule has 0 amide bonds. The lowest BCUT2D eigenvalue weighted by Gasteiger charge is -2.32. The summed E-state index contributed by atoms with van der Waals surface area (Å²) in [5.74, 6) is 0.341. The third-order valence-electron chi connectivity index (χ3n) is 1.80. The van der Waals surface area contributed by atoms with Gasteiger partial charge in [-0.15, -0.1) is 0 Å². The van der Waals surface area contributed by atoms with E-state index in [1.54, 1.807) is 6.08 Å². The first-order chi connectivity index (χ1) is 8.74. The number of ether oxygens (including phenoxy) is 1. The first-order valence-corrected chi connectivity index (χ1v) is 8.30. The Bertz CT molecular complexity index is 250. The third-order valence-corrected chi connectivity index (χ3v) is 4.53. The topological polar surface area (TPSA) is 46.2 Å². The van der Waals surface area contributed by atoms with Gasteiger partial charge in [0.25, 0.3) is 5.95 Å². The summed E-state index contributed by atoms with van der Waals surface area (Å²) >= 11 is 0. The molecule has 0 saturated carbocycles. The van der Waals surface area contributed by atoms with Crippen molar-refractivity contribution in [2.24, 2.45) is 0 Å². The highest BCUT2D eigenvalue weighted by atomic mass is 28.4. The molecule has 6 heteroatoms. The molecule has 0 aliphatic carbocycles. The molecule has 0 atom stereocenters. The van der Waals surface area contributed by atoms with E-state index in [1.165, 1.54) is 7.11 Å². The smallest absolute Gasteiger partial charge is 0.470 e. The van der Waals surface area contributed by atoms with Gasteiger partial charge in [0, 0.05) is 18.3 Å². The molecular weight excluding hydrogens is 264 g/mol. The summed E-state index contributed by atoms with van der Waals surface area (Å²) in [6, 6.07) is 0. The molecule has 0 N–H and O–H groups in total.